The number of fused-ring (bicyclic) bond motifs is 2. The molecule has 0 aromatic rings. The third-order valence-corrected chi connectivity index (χ3v) is 4.31. The van der Waals surface area contributed by atoms with Crippen molar-refractivity contribution in [2.75, 3.05) is 13.7 Å². The van der Waals surface area contributed by atoms with Gasteiger partial charge in [-0.1, -0.05) is 0 Å². The monoisotopic (exact) mass is 290 g/mol. The van der Waals surface area contributed by atoms with E-state index in [0.29, 0.717) is 31.0 Å². The number of hydrogen-bond acceptors (Lipinski definition) is 3. The molecule has 19 heavy (non-hydrogen) atoms. The minimum absolute atomic E-state index is 0. The molecule has 2 heterocycles. The summed E-state index contributed by atoms with van der Waals surface area (Å²) in [6.45, 7) is 4.55. The Morgan fingerprint density at radius 1 is 1.32 bits per heavy atom. The van der Waals surface area contributed by atoms with Crippen LogP contribution in [0.15, 0.2) is 0 Å². The lowest BCUT2D eigenvalue weighted by atomic mass is 9.89. The molecular formula is C14H27ClN2O2. The van der Waals surface area contributed by atoms with Gasteiger partial charge in [-0.05, 0) is 45.4 Å². The lowest BCUT2D eigenvalue weighted by molar-refractivity contribution is -0.123. The molecule has 0 saturated carbocycles. The molecule has 2 saturated heterocycles. The average molecular weight is 291 g/mol. The Bertz CT molecular complexity index is 298. The highest BCUT2D eigenvalue weighted by Crippen LogP contribution is 2.32. The Labute approximate surface area is 122 Å². The molecule has 2 aliphatic rings. The summed E-state index contributed by atoms with van der Waals surface area (Å²) in [5.74, 6) is 0.737. The summed E-state index contributed by atoms with van der Waals surface area (Å²) in [4.78, 5) is 11.9. The van der Waals surface area contributed by atoms with Crippen molar-refractivity contribution in [3.63, 3.8) is 0 Å². The summed E-state index contributed by atoms with van der Waals surface area (Å²) in [5, 5.41) is 6.59. The number of methoxy groups -OCH3 is 1. The quantitative estimate of drug-likeness (QED) is 0.813. The van der Waals surface area contributed by atoms with Crippen LogP contribution < -0.4 is 10.6 Å². The molecular weight excluding hydrogens is 264 g/mol. The number of amides is 1. The van der Waals surface area contributed by atoms with Crippen LogP contribution in [0, 0.1) is 5.92 Å². The van der Waals surface area contributed by atoms with Crippen LogP contribution in [0.25, 0.3) is 0 Å². The van der Waals surface area contributed by atoms with Crippen LogP contribution in [0.2, 0.25) is 0 Å². The fourth-order valence-corrected chi connectivity index (χ4v) is 3.06. The Morgan fingerprint density at radius 3 is 2.42 bits per heavy atom. The normalized spacial score (nSPS) is 29.7. The molecule has 0 spiro atoms. The predicted molar refractivity (Wildman–Crippen MR) is 78.6 cm³/mol. The highest BCUT2D eigenvalue weighted by molar-refractivity contribution is 5.85. The van der Waals surface area contributed by atoms with E-state index in [1.807, 2.05) is 13.8 Å². The van der Waals surface area contributed by atoms with Gasteiger partial charge in [-0.2, -0.15) is 0 Å². The van der Waals surface area contributed by atoms with E-state index in [-0.39, 0.29) is 23.9 Å². The molecule has 2 unspecified atom stereocenters. The fraction of sp³-hybridized carbons (Fsp3) is 0.929. The van der Waals surface area contributed by atoms with Gasteiger partial charge in [0.1, 0.15) is 0 Å². The van der Waals surface area contributed by atoms with Crippen LogP contribution >= 0.6 is 12.4 Å². The summed E-state index contributed by atoms with van der Waals surface area (Å²) in [6, 6.07) is 1.33. The van der Waals surface area contributed by atoms with Crippen molar-refractivity contribution in [3.8, 4) is 0 Å². The number of hydrogen-bond donors (Lipinski definition) is 2. The molecule has 2 rings (SSSR count). The Kier molecular flexibility index (Phi) is 6.09. The maximum Gasteiger partial charge on any atom is 0.220 e. The lowest BCUT2D eigenvalue weighted by Gasteiger charge is -2.29. The van der Waals surface area contributed by atoms with Gasteiger partial charge in [0.05, 0.1) is 5.60 Å². The van der Waals surface area contributed by atoms with E-state index in [1.54, 1.807) is 7.11 Å². The van der Waals surface area contributed by atoms with E-state index in [1.165, 1.54) is 12.8 Å². The molecule has 2 bridgehead atoms. The van der Waals surface area contributed by atoms with E-state index in [9.17, 15) is 4.79 Å². The first-order valence-electron chi connectivity index (χ1n) is 7.06. The minimum Gasteiger partial charge on any atom is -0.377 e. The topological polar surface area (TPSA) is 50.4 Å². The number of carbonyl (C=O) groups is 1. The Balaban J connectivity index is 0.00000180. The van der Waals surface area contributed by atoms with E-state index in [0.717, 1.165) is 12.8 Å². The highest BCUT2D eigenvalue weighted by atomic mass is 35.5. The summed E-state index contributed by atoms with van der Waals surface area (Å²) >= 11 is 0. The summed E-state index contributed by atoms with van der Waals surface area (Å²) in [5.41, 5.74) is -0.275. The zero-order valence-electron chi connectivity index (χ0n) is 12.2. The minimum atomic E-state index is -0.275. The summed E-state index contributed by atoms with van der Waals surface area (Å²) in [7, 11) is 1.68. The van der Waals surface area contributed by atoms with E-state index in [2.05, 4.69) is 10.6 Å². The second-order valence-electron chi connectivity index (χ2n) is 6.42. The molecule has 1 amide bonds. The molecule has 0 radical (unpaired) electrons. The zero-order chi connectivity index (χ0) is 13.2. The molecule has 112 valence electrons. The van der Waals surface area contributed by atoms with Gasteiger partial charge in [-0.15, -0.1) is 12.4 Å². The molecule has 2 aliphatic heterocycles. The van der Waals surface area contributed by atoms with E-state index >= 15 is 0 Å². The van der Waals surface area contributed by atoms with Crippen LogP contribution in [-0.2, 0) is 9.53 Å². The van der Waals surface area contributed by atoms with Gasteiger partial charge in [0, 0.05) is 32.2 Å². The number of piperidine rings is 1. The van der Waals surface area contributed by atoms with Gasteiger partial charge in [0.25, 0.3) is 0 Å². The first-order valence-corrected chi connectivity index (χ1v) is 7.06. The first-order chi connectivity index (χ1) is 8.48. The van der Waals surface area contributed by atoms with Gasteiger partial charge < -0.3 is 15.4 Å². The molecule has 0 aliphatic carbocycles. The van der Waals surface area contributed by atoms with Crippen LogP contribution in [-0.4, -0.2) is 37.2 Å². The maximum absolute atomic E-state index is 11.9. The van der Waals surface area contributed by atoms with Crippen molar-refractivity contribution in [1.82, 2.24) is 10.6 Å². The van der Waals surface area contributed by atoms with Crippen LogP contribution in [0.1, 0.15) is 46.0 Å². The summed E-state index contributed by atoms with van der Waals surface area (Å²) < 4.78 is 5.30. The van der Waals surface area contributed by atoms with Crippen molar-refractivity contribution >= 4 is 18.3 Å². The number of nitrogens with one attached hydrogen (secondary N) is 2. The molecule has 0 aromatic heterocycles. The molecule has 2 fully saturated rings. The number of ether oxygens (including phenoxy) is 1. The van der Waals surface area contributed by atoms with Gasteiger partial charge in [-0.25, -0.2) is 0 Å². The third kappa shape index (κ3) is 4.93. The predicted octanol–water partition coefficient (Wildman–Crippen LogP) is 1.87. The van der Waals surface area contributed by atoms with Gasteiger partial charge in [0.2, 0.25) is 5.91 Å². The van der Waals surface area contributed by atoms with Crippen molar-refractivity contribution in [1.29, 1.82) is 0 Å². The Hall–Kier alpha value is -0.320. The van der Waals surface area contributed by atoms with Gasteiger partial charge >= 0.3 is 0 Å². The van der Waals surface area contributed by atoms with Gasteiger partial charge in [0.15, 0.2) is 0 Å². The van der Waals surface area contributed by atoms with E-state index in [4.69, 9.17) is 4.74 Å². The maximum atomic E-state index is 11.9. The molecule has 5 heteroatoms. The zero-order valence-corrected chi connectivity index (χ0v) is 13.0. The largest absolute Gasteiger partial charge is 0.377 e. The van der Waals surface area contributed by atoms with Gasteiger partial charge in [-0.3, -0.25) is 4.79 Å². The van der Waals surface area contributed by atoms with Crippen LogP contribution in [0.5, 0.6) is 0 Å². The second-order valence-corrected chi connectivity index (χ2v) is 6.42. The average Bonchev–Trinajstić information content (AvgIpc) is 2.66. The summed E-state index contributed by atoms with van der Waals surface area (Å²) in [6.07, 6.45) is 5.59. The number of halogens is 1. The second kappa shape index (κ2) is 6.91. The lowest BCUT2D eigenvalue weighted by Crippen LogP contribution is -2.42. The highest BCUT2D eigenvalue weighted by Gasteiger charge is 2.34. The SMILES string of the molecule is COC(C)(C)CNC(=O)CC1CC2CCC(C1)N2.Cl. The molecule has 4 nitrogen and oxygen atoms in total. The molecule has 2 N–H and O–H groups in total. The number of rotatable bonds is 5. The van der Waals surface area contributed by atoms with Crippen LogP contribution in [0.4, 0.5) is 0 Å². The third-order valence-electron chi connectivity index (χ3n) is 4.31. The van der Waals surface area contributed by atoms with Crippen molar-refractivity contribution in [2.24, 2.45) is 5.92 Å². The molecule has 2 atom stereocenters. The van der Waals surface area contributed by atoms with Crippen molar-refractivity contribution in [2.45, 2.75) is 63.6 Å². The van der Waals surface area contributed by atoms with Crippen molar-refractivity contribution in [3.05, 3.63) is 0 Å². The standard InChI is InChI=1S/C14H26N2O2.ClH/c1-14(2,18-3)9-15-13(17)8-10-6-11-4-5-12(7-10)16-11;/h10-12,16H,4-9H2,1-3H3,(H,15,17);1H. The molecule has 0 aromatic carbocycles. The van der Waals surface area contributed by atoms with Crippen LogP contribution in [0.3, 0.4) is 0 Å². The Morgan fingerprint density at radius 2 is 1.89 bits per heavy atom. The fourth-order valence-electron chi connectivity index (χ4n) is 3.06. The smallest absolute Gasteiger partial charge is 0.220 e. The number of carbonyl (C=O) groups excluding carboxylic acids is 1. The first kappa shape index (κ1) is 16.7. The van der Waals surface area contributed by atoms with Crippen molar-refractivity contribution < 1.29 is 9.53 Å². The van der Waals surface area contributed by atoms with E-state index < -0.39 is 0 Å².